The lowest BCUT2D eigenvalue weighted by molar-refractivity contribution is -0.387. The van der Waals surface area contributed by atoms with Gasteiger partial charge in [0.15, 0.2) is 0 Å². The van der Waals surface area contributed by atoms with Gasteiger partial charge in [-0.15, -0.1) is 0 Å². The summed E-state index contributed by atoms with van der Waals surface area (Å²) in [5, 5.41) is 14.3. The average Bonchev–Trinajstić information content (AvgIpc) is 2.40. The van der Waals surface area contributed by atoms with Crippen molar-refractivity contribution in [2.24, 2.45) is 0 Å². The molecule has 0 saturated carbocycles. The van der Waals surface area contributed by atoms with Crippen molar-refractivity contribution in [2.75, 3.05) is 5.32 Å². The van der Waals surface area contributed by atoms with Crippen molar-refractivity contribution in [3.63, 3.8) is 0 Å². The summed E-state index contributed by atoms with van der Waals surface area (Å²) in [5.41, 5.74) is 0.610. The molecule has 0 spiro atoms. The van der Waals surface area contributed by atoms with Gasteiger partial charge < -0.3 is 5.32 Å². The van der Waals surface area contributed by atoms with Gasteiger partial charge >= 0.3 is 5.69 Å². The molecule has 0 saturated heterocycles. The van der Waals surface area contributed by atoms with Gasteiger partial charge in [-0.25, -0.2) is 0 Å². The lowest BCUT2D eigenvalue weighted by Crippen LogP contribution is -2.01. The predicted octanol–water partition coefficient (Wildman–Crippen LogP) is 4.65. The lowest BCUT2D eigenvalue weighted by Gasteiger charge is -2.09. The molecule has 2 aromatic carbocycles. The largest absolute Gasteiger partial charge is 0.381 e. The fraction of sp³-hybridized carbons (Fsp3) is 0.0769. The highest BCUT2D eigenvalue weighted by atomic mass is 35.5. The third-order valence-corrected chi connectivity index (χ3v) is 3.52. The molecule has 0 bridgehead atoms. The molecule has 1 N–H and O–H groups in total. The van der Waals surface area contributed by atoms with Crippen molar-refractivity contribution in [1.29, 1.82) is 0 Å². The first-order chi connectivity index (χ1) is 9.49. The smallest absolute Gasteiger partial charge is 0.304 e. The summed E-state index contributed by atoms with van der Waals surface area (Å²) in [5.74, 6) is -0.891. The molecule has 0 radical (unpaired) electrons. The molecule has 104 valence electrons. The summed E-state index contributed by atoms with van der Waals surface area (Å²) in [6, 6.07) is 8.80. The van der Waals surface area contributed by atoms with E-state index >= 15 is 0 Å². The standard InChI is InChI=1S/C13H9Cl2FN2O2/c14-10-3-1-2-8(13(10)15)7-17-9-4-5-12(18(19)20)11(16)6-9/h1-6,17H,7H2. The SMILES string of the molecule is O=[N+]([O-])c1ccc(NCc2cccc(Cl)c2Cl)cc1F. The van der Waals surface area contributed by atoms with Crippen molar-refractivity contribution >= 4 is 34.6 Å². The van der Waals surface area contributed by atoms with Crippen LogP contribution in [0.4, 0.5) is 15.8 Å². The summed E-state index contributed by atoms with van der Waals surface area (Å²) in [6.07, 6.45) is 0. The van der Waals surface area contributed by atoms with Crippen LogP contribution in [-0.2, 0) is 6.54 Å². The Morgan fingerprint density at radius 3 is 2.65 bits per heavy atom. The van der Waals surface area contributed by atoms with Gasteiger partial charge in [-0.1, -0.05) is 35.3 Å². The number of rotatable bonds is 4. The molecule has 2 rings (SSSR count). The third kappa shape index (κ3) is 3.18. The van der Waals surface area contributed by atoms with Crippen LogP contribution in [0.25, 0.3) is 0 Å². The number of hydrogen-bond donors (Lipinski definition) is 1. The number of nitro benzene ring substituents is 1. The molecule has 0 aliphatic heterocycles. The number of nitrogens with zero attached hydrogens (tertiary/aromatic N) is 1. The highest BCUT2D eigenvalue weighted by molar-refractivity contribution is 6.42. The molecular formula is C13H9Cl2FN2O2. The Kier molecular flexibility index (Phi) is 4.42. The number of anilines is 1. The van der Waals surface area contributed by atoms with Gasteiger partial charge in [-0.05, 0) is 17.7 Å². The van der Waals surface area contributed by atoms with Crippen LogP contribution in [0.2, 0.25) is 10.0 Å². The fourth-order valence-electron chi connectivity index (χ4n) is 1.65. The Morgan fingerprint density at radius 2 is 2.00 bits per heavy atom. The van der Waals surface area contributed by atoms with Gasteiger partial charge in [0.05, 0.1) is 15.0 Å². The molecule has 2 aromatic rings. The average molecular weight is 315 g/mol. The number of hydrogen-bond acceptors (Lipinski definition) is 3. The van der Waals surface area contributed by atoms with Gasteiger partial charge in [0.1, 0.15) is 0 Å². The first kappa shape index (κ1) is 14.6. The molecule has 0 aromatic heterocycles. The first-order valence-corrected chi connectivity index (χ1v) is 6.35. The minimum absolute atomic E-state index is 0.330. The second-order valence-corrected chi connectivity index (χ2v) is 4.77. The van der Waals surface area contributed by atoms with Gasteiger partial charge in [-0.2, -0.15) is 4.39 Å². The van der Waals surface area contributed by atoms with Crippen LogP contribution in [0.1, 0.15) is 5.56 Å². The van der Waals surface area contributed by atoms with Gasteiger partial charge in [0.25, 0.3) is 0 Å². The van der Waals surface area contributed by atoms with E-state index in [-0.39, 0.29) is 0 Å². The maximum absolute atomic E-state index is 13.4. The number of benzene rings is 2. The highest BCUT2D eigenvalue weighted by Crippen LogP contribution is 2.27. The zero-order chi connectivity index (χ0) is 14.7. The Labute approximate surface area is 124 Å². The lowest BCUT2D eigenvalue weighted by atomic mass is 10.2. The molecular weight excluding hydrogens is 306 g/mol. The van der Waals surface area contributed by atoms with Gasteiger partial charge in [-0.3, -0.25) is 10.1 Å². The Balaban J connectivity index is 2.13. The topological polar surface area (TPSA) is 55.2 Å². The van der Waals surface area contributed by atoms with Crippen LogP contribution in [0.3, 0.4) is 0 Å². The predicted molar refractivity (Wildman–Crippen MR) is 76.8 cm³/mol. The van der Waals surface area contributed by atoms with Crippen LogP contribution in [0, 0.1) is 15.9 Å². The maximum Gasteiger partial charge on any atom is 0.304 e. The monoisotopic (exact) mass is 314 g/mol. The zero-order valence-corrected chi connectivity index (χ0v) is 11.6. The van der Waals surface area contributed by atoms with E-state index in [0.29, 0.717) is 22.3 Å². The fourth-order valence-corrected chi connectivity index (χ4v) is 2.03. The summed E-state index contributed by atoms with van der Waals surface area (Å²) in [4.78, 5) is 9.74. The second kappa shape index (κ2) is 6.07. The highest BCUT2D eigenvalue weighted by Gasteiger charge is 2.13. The molecule has 0 amide bonds. The Hall–Kier alpha value is -1.85. The molecule has 0 unspecified atom stereocenters. The third-order valence-electron chi connectivity index (χ3n) is 2.66. The molecule has 7 heteroatoms. The molecule has 20 heavy (non-hydrogen) atoms. The van der Waals surface area contributed by atoms with E-state index in [9.17, 15) is 14.5 Å². The summed E-state index contributed by atoms with van der Waals surface area (Å²) >= 11 is 11.9. The van der Waals surface area contributed by atoms with E-state index in [1.54, 1.807) is 18.2 Å². The van der Waals surface area contributed by atoms with E-state index in [4.69, 9.17) is 23.2 Å². The first-order valence-electron chi connectivity index (χ1n) is 5.59. The summed E-state index contributed by atoms with van der Waals surface area (Å²) in [6.45, 7) is 0.330. The number of nitrogens with one attached hydrogen (secondary N) is 1. The minimum Gasteiger partial charge on any atom is -0.381 e. The molecule has 0 atom stereocenters. The number of halogens is 3. The van der Waals surface area contributed by atoms with Crippen LogP contribution < -0.4 is 5.32 Å². The van der Waals surface area contributed by atoms with Crippen molar-refractivity contribution < 1.29 is 9.31 Å². The molecule has 0 heterocycles. The van der Waals surface area contributed by atoms with Crippen molar-refractivity contribution in [2.45, 2.75) is 6.54 Å². The van der Waals surface area contributed by atoms with E-state index in [2.05, 4.69) is 5.32 Å². The van der Waals surface area contributed by atoms with E-state index in [1.165, 1.54) is 6.07 Å². The Bertz CT molecular complexity index is 665. The van der Waals surface area contributed by atoms with Crippen molar-refractivity contribution in [1.82, 2.24) is 0 Å². The van der Waals surface area contributed by atoms with Crippen molar-refractivity contribution in [3.8, 4) is 0 Å². The minimum atomic E-state index is -0.891. The molecule has 0 aliphatic rings. The summed E-state index contributed by atoms with van der Waals surface area (Å²) in [7, 11) is 0. The van der Waals surface area contributed by atoms with Crippen LogP contribution in [-0.4, -0.2) is 4.92 Å². The summed E-state index contributed by atoms with van der Waals surface area (Å²) < 4.78 is 13.4. The van der Waals surface area contributed by atoms with Gasteiger partial charge in [0, 0.05) is 24.4 Å². The normalized spacial score (nSPS) is 10.3. The number of nitro groups is 1. The quantitative estimate of drug-likeness (QED) is 0.660. The molecule has 0 fully saturated rings. The van der Waals surface area contributed by atoms with Crippen LogP contribution in [0.5, 0.6) is 0 Å². The zero-order valence-electron chi connectivity index (χ0n) is 10.1. The van der Waals surface area contributed by atoms with Crippen molar-refractivity contribution in [3.05, 3.63) is 67.9 Å². The van der Waals surface area contributed by atoms with E-state index < -0.39 is 16.4 Å². The van der Waals surface area contributed by atoms with Crippen LogP contribution in [0.15, 0.2) is 36.4 Å². The Morgan fingerprint density at radius 1 is 1.25 bits per heavy atom. The van der Waals surface area contributed by atoms with E-state index in [1.807, 2.05) is 0 Å². The van der Waals surface area contributed by atoms with Gasteiger partial charge in [0.2, 0.25) is 5.82 Å². The van der Waals surface area contributed by atoms with E-state index in [0.717, 1.165) is 17.7 Å². The molecule has 4 nitrogen and oxygen atoms in total. The van der Waals surface area contributed by atoms with Crippen LogP contribution >= 0.6 is 23.2 Å². The second-order valence-electron chi connectivity index (χ2n) is 3.99. The maximum atomic E-state index is 13.4. The molecule has 0 aliphatic carbocycles.